The normalized spacial score (nSPS) is 11.2. The molecule has 0 aliphatic heterocycles. The van der Waals surface area contributed by atoms with Crippen LogP contribution in [0, 0.1) is 6.92 Å². The van der Waals surface area contributed by atoms with Crippen LogP contribution in [0.3, 0.4) is 0 Å². The summed E-state index contributed by atoms with van der Waals surface area (Å²) in [7, 11) is -4.92. The molecule has 1 amide bonds. The Morgan fingerprint density at radius 3 is 2.56 bits per heavy atom. The van der Waals surface area contributed by atoms with Gasteiger partial charge in [-0.25, -0.2) is 4.98 Å². The summed E-state index contributed by atoms with van der Waals surface area (Å²) >= 11 is 5.90. The average molecular weight is 408 g/mol. The summed E-state index contributed by atoms with van der Waals surface area (Å²) in [6.07, 6.45) is 1.58. The monoisotopic (exact) mass is 407 g/mol. The van der Waals surface area contributed by atoms with Crippen molar-refractivity contribution in [3.8, 4) is 11.5 Å². The van der Waals surface area contributed by atoms with Crippen LogP contribution in [0.15, 0.2) is 47.5 Å². The average Bonchev–Trinajstić information content (AvgIpc) is 2.61. The van der Waals surface area contributed by atoms with Crippen molar-refractivity contribution in [2.45, 2.75) is 11.8 Å². The van der Waals surface area contributed by atoms with E-state index in [2.05, 4.69) is 25.3 Å². The lowest BCUT2D eigenvalue weighted by Gasteiger charge is -2.08. The number of carbonyl (C=O) groups is 1. The summed E-state index contributed by atoms with van der Waals surface area (Å²) in [5, 5.41) is 2.22. The molecule has 0 atom stereocenters. The second-order valence-corrected chi connectivity index (χ2v) is 7.03. The number of nitrogens with zero attached hydrogens (tertiary/aromatic N) is 4. The molecule has 0 radical (unpaired) electrons. The first-order chi connectivity index (χ1) is 12.7. The van der Waals surface area contributed by atoms with Gasteiger partial charge in [-0.3, -0.25) is 15.1 Å². The van der Waals surface area contributed by atoms with Gasteiger partial charge in [0, 0.05) is 6.20 Å². The number of hydrogen-bond acceptors (Lipinski definition) is 7. The van der Waals surface area contributed by atoms with E-state index < -0.39 is 21.0 Å². The third-order valence-electron chi connectivity index (χ3n) is 3.33. The Kier molecular flexibility index (Phi) is 5.10. The van der Waals surface area contributed by atoms with E-state index in [1.54, 1.807) is 31.3 Å². The predicted octanol–water partition coefficient (Wildman–Crippen LogP) is 2.81. The standard InChI is InChI=1S/C16H11ClFN5O3S/c1-9-20-14(13-4-2-3-7-19-13)22-16(21-9)23-15(24)11-6-5-10(8-12(11)17)27(18,25)26/h2-8H,1H3,(H,20,21,22,23,24). The van der Waals surface area contributed by atoms with Crippen LogP contribution < -0.4 is 5.32 Å². The minimum atomic E-state index is -4.92. The van der Waals surface area contributed by atoms with E-state index in [-0.39, 0.29) is 22.4 Å². The third-order valence-corrected chi connectivity index (χ3v) is 4.46. The van der Waals surface area contributed by atoms with E-state index in [0.29, 0.717) is 11.5 Å². The Hall–Kier alpha value is -2.98. The van der Waals surface area contributed by atoms with Gasteiger partial charge < -0.3 is 0 Å². The van der Waals surface area contributed by atoms with E-state index in [4.69, 9.17) is 11.6 Å². The highest BCUT2D eigenvalue weighted by Crippen LogP contribution is 2.23. The van der Waals surface area contributed by atoms with Gasteiger partial charge >= 0.3 is 10.2 Å². The smallest absolute Gasteiger partial charge is 0.290 e. The molecule has 138 valence electrons. The first-order valence-electron chi connectivity index (χ1n) is 7.44. The van der Waals surface area contributed by atoms with Crippen LogP contribution in [0.4, 0.5) is 9.83 Å². The maximum atomic E-state index is 13.0. The Labute approximate surface area is 158 Å². The van der Waals surface area contributed by atoms with Crippen molar-refractivity contribution in [2.24, 2.45) is 0 Å². The van der Waals surface area contributed by atoms with Gasteiger partial charge in [0.2, 0.25) is 5.95 Å². The second-order valence-electron chi connectivity index (χ2n) is 5.28. The molecule has 27 heavy (non-hydrogen) atoms. The van der Waals surface area contributed by atoms with Crippen molar-refractivity contribution < 1.29 is 17.1 Å². The van der Waals surface area contributed by atoms with Crippen LogP contribution in [-0.2, 0) is 10.2 Å². The number of amides is 1. The van der Waals surface area contributed by atoms with Crippen molar-refractivity contribution in [3.63, 3.8) is 0 Å². The zero-order chi connectivity index (χ0) is 19.6. The van der Waals surface area contributed by atoms with Gasteiger partial charge in [-0.05, 0) is 37.3 Å². The summed E-state index contributed by atoms with van der Waals surface area (Å²) in [4.78, 5) is 28.2. The Balaban J connectivity index is 1.90. The van der Waals surface area contributed by atoms with Crippen LogP contribution >= 0.6 is 11.6 Å². The largest absolute Gasteiger partial charge is 0.332 e. The summed E-state index contributed by atoms with van der Waals surface area (Å²) in [6, 6.07) is 8.09. The first kappa shape index (κ1) is 18.8. The molecule has 2 aromatic heterocycles. The highest BCUT2D eigenvalue weighted by atomic mass is 35.5. The zero-order valence-electron chi connectivity index (χ0n) is 13.7. The van der Waals surface area contributed by atoms with Crippen LogP contribution in [0.25, 0.3) is 11.5 Å². The van der Waals surface area contributed by atoms with Gasteiger partial charge in [-0.2, -0.15) is 18.4 Å². The number of rotatable bonds is 4. The highest BCUT2D eigenvalue weighted by Gasteiger charge is 2.18. The number of carbonyl (C=O) groups excluding carboxylic acids is 1. The molecule has 3 aromatic rings. The van der Waals surface area contributed by atoms with E-state index in [0.717, 1.165) is 18.2 Å². The first-order valence-corrected chi connectivity index (χ1v) is 9.20. The minimum absolute atomic E-state index is 0.0357. The number of pyridine rings is 1. The number of hydrogen-bond donors (Lipinski definition) is 1. The lowest BCUT2D eigenvalue weighted by atomic mass is 10.2. The van der Waals surface area contributed by atoms with Gasteiger partial charge in [0.25, 0.3) is 5.91 Å². The van der Waals surface area contributed by atoms with Gasteiger partial charge in [0.1, 0.15) is 16.4 Å². The fourth-order valence-corrected chi connectivity index (χ4v) is 2.97. The summed E-state index contributed by atoms with van der Waals surface area (Å²) in [5.41, 5.74) is 0.426. The molecule has 0 saturated carbocycles. The van der Waals surface area contributed by atoms with Gasteiger partial charge in [0.15, 0.2) is 5.82 Å². The van der Waals surface area contributed by atoms with Crippen molar-refractivity contribution in [1.82, 2.24) is 19.9 Å². The predicted molar refractivity (Wildman–Crippen MR) is 95.5 cm³/mol. The number of nitrogens with one attached hydrogen (secondary N) is 1. The number of aryl methyl sites for hydroxylation is 1. The molecule has 0 aliphatic rings. The number of anilines is 1. The lowest BCUT2D eigenvalue weighted by molar-refractivity contribution is 0.102. The fraction of sp³-hybridized carbons (Fsp3) is 0.0625. The van der Waals surface area contributed by atoms with Crippen molar-refractivity contribution in [3.05, 3.63) is 59.0 Å². The maximum Gasteiger partial charge on any atom is 0.332 e. The molecular weight excluding hydrogens is 397 g/mol. The Bertz CT molecular complexity index is 1130. The molecule has 0 aliphatic carbocycles. The quantitative estimate of drug-likeness (QED) is 0.661. The molecule has 1 aromatic carbocycles. The highest BCUT2D eigenvalue weighted by molar-refractivity contribution is 7.86. The number of aromatic nitrogens is 4. The fourth-order valence-electron chi connectivity index (χ4n) is 2.15. The van der Waals surface area contributed by atoms with E-state index in [9.17, 15) is 17.1 Å². The molecule has 2 heterocycles. The number of benzene rings is 1. The molecule has 0 spiro atoms. The lowest BCUT2D eigenvalue weighted by Crippen LogP contribution is -2.16. The second kappa shape index (κ2) is 7.33. The molecule has 0 bridgehead atoms. The van der Waals surface area contributed by atoms with E-state index >= 15 is 0 Å². The molecule has 0 fully saturated rings. The summed E-state index contributed by atoms with van der Waals surface area (Å²) < 4.78 is 34.8. The summed E-state index contributed by atoms with van der Waals surface area (Å²) in [6.45, 7) is 1.62. The molecule has 0 saturated heterocycles. The molecule has 3 rings (SSSR count). The SMILES string of the molecule is Cc1nc(NC(=O)c2ccc(S(=O)(=O)F)cc2Cl)nc(-c2ccccn2)n1. The Morgan fingerprint density at radius 2 is 1.93 bits per heavy atom. The Morgan fingerprint density at radius 1 is 1.15 bits per heavy atom. The molecule has 8 nitrogen and oxygen atoms in total. The third kappa shape index (κ3) is 4.41. The van der Waals surface area contributed by atoms with Gasteiger partial charge in [0.05, 0.1) is 10.6 Å². The van der Waals surface area contributed by atoms with Crippen LogP contribution in [0.1, 0.15) is 16.2 Å². The number of halogens is 2. The van der Waals surface area contributed by atoms with Crippen LogP contribution in [0.5, 0.6) is 0 Å². The molecule has 11 heteroatoms. The molecular formula is C16H11ClFN5O3S. The van der Waals surface area contributed by atoms with Crippen LogP contribution in [-0.4, -0.2) is 34.3 Å². The minimum Gasteiger partial charge on any atom is -0.290 e. The molecule has 1 N–H and O–H groups in total. The van der Waals surface area contributed by atoms with Crippen molar-refractivity contribution >= 4 is 33.7 Å². The topological polar surface area (TPSA) is 115 Å². The van der Waals surface area contributed by atoms with E-state index in [1.807, 2.05) is 0 Å². The van der Waals surface area contributed by atoms with Gasteiger partial charge in [-0.15, -0.1) is 3.89 Å². The van der Waals surface area contributed by atoms with E-state index in [1.165, 1.54) is 0 Å². The molecule has 0 unspecified atom stereocenters. The summed E-state index contributed by atoms with van der Waals surface area (Å²) in [5.74, 6) is -0.110. The van der Waals surface area contributed by atoms with Gasteiger partial charge in [-0.1, -0.05) is 17.7 Å². The van der Waals surface area contributed by atoms with Crippen molar-refractivity contribution in [1.29, 1.82) is 0 Å². The van der Waals surface area contributed by atoms with Crippen LogP contribution in [0.2, 0.25) is 5.02 Å². The maximum absolute atomic E-state index is 13.0. The van der Waals surface area contributed by atoms with Crippen molar-refractivity contribution in [2.75, 3.05) is 5.32 Å². The zero-order valence-corrected chi connectivity index (χ0v) is 15.3.